The maximum Gasteiger partial charge on any atom is 0.354 e. The summed E-state index contributed by atoms with van der Waals surface area (Å²) in [4.78, 5) is 26.0. The molecule has 0 radical (unpaired) electrons. The van der Waals surface area contributed by atoms with E-state index in [0.29, 0.717) is 12.1 Å². The molecule has 2 rings (SSSR count). The monoisotopic (exact) mass is 250 g/mol. The number of esters is 1. The van der Waals surface area contributed by atoms with Crippen molar-refractivity contribution >= 4 is 11.9 Å². The SMILES string of the molecule is CC(=O)OC1C=CC(n2cnc(C)c2C(=O)O)C1. The number of nitrogens with zero attached hydrogens (tertiary/aromatic N) is 2. The smallest absolute Gasteiger partial charge is 0.354 e. The summed E-state index contributed by atoms with van der Waals surface area (Å²) in [7, 11) is 0. The van der Waals surface area contributed by atoms with Crippen LogP contribution in [0.15, 0.2) is 18.5 Å². The molecule has 1 N–H and O–H groups in total. The Bertz CT molecular complexity index is 518. The van der Waals surface area contributed by atoms with Gasteiger partial charge < -0.3 is 14.4 Å². The molecule has 1 aromatic heterocycles. The minimum Gasteiger partial charge on any atom is -0.477 e. The number of imidazole rings is 1. The second-order valence-electron chi connectivity index (χ2n) is 4.23. The highest BCUT2D eigenvalue weighted by Gasteiger charge is 2.26. The molecular weight excluding hydrogens is 236 g/mol. The topological polar surface area (TPSA) is 81.4 Å². The molecule has 0 fully saturated rings. The van der Waals surface area contributed by atoms with Gasteiger partial charge in [0.25, 0.3) is 0 Å². The first kappa shape index (κ1) is 12.3. The number of carbonyl (C=O) groups excluding carboxylic acids is 1. The van der Waals surface area contributed by atoms with Crippen molar-refractivity contribution in [1.29, 1.82) is 0 Å². The minimum absolute atomic E-state index is 0.137. The van der Waals surface area contributed by atoms with Crippen LogP contribution in [0, 0.1) is 6.92 Å². The van der Waals surface area contributed by atoms with Crippen molar-refractivity contribution in [2.75, 3.05) is 0 Å². The Morgan fingerprint density at radius 3 is 2.83 bits per heavy atom. The number of rotatable bonds is 3. The van der Waals surface area contributed by atoms with Crippen LogP contribution in [0.2, 0.25) is 0 Å². The lowest BCUT2D eigenvalue weighted by atomic mass is 10.2. The molecule has 0 amide bonds. The second kappa shape index (κ2) is 4.64. The molecule has 0 spiro atoms. The van der Waals surface area contributed by atoms with Crippen molar-refractivity contribution in [3.8, 4) is 0 Å². The van der Waals surface area contributed by atoms with Crippen molar-refractivity contribution in [3.05, 3.63) is 29.9 Å². The molecule has 2 atom stereocenters. The molecule has 0 saturated heterocycles. The van der Waals surface area contributed by atoms with Gasteiger partial charge in [-0.1, -0.05) is 6.08 Å². The van der Waals surface area contributed by atoms with E-state index >= 15 is 0 Å². The molecule has 96 valence electrons. The molecule has 0 aromatic carbocycles. The number of carbonyl (C=O) groups is 2. The van der Waals surface area contributed by atoms with E-state index in [4.69, 9.17) is 9.84 Å². The summed E-state index contributed by atoms with van der Waals surface area (Å²) in [5.41, 5.74) is 0.653. The van der Waals surface area contributed by atoms with E-state index in [2.05, 4.69) is 4.98 Å². The lowest BCUT2D eigenvalue weighted by Crippen LogP contribution is -2.17. The summed E-state index contributed by atoms with van der Waals surface area (Å²) in [6.07, 6.45) is 5.35. The fraction of sp³-hybridized carbons (Fsp3) is 0.417. The van der Waals surface area contributed by atoms with E-state index in [9.17, 15) is 9.59 Å². The molecule has 1 aliphatic carbocycles. The first-order valence-electron chi connectivity index (χ1n) is 5.61. The summed E-state index contributed by atoms with van der Waals surface area (Å²) in [5.74, 6) is -1.35. The van der Waals surface area contributed by atoms with Crippen molar-refractivity contribution in [2.24, 2.45) is 0 Å². The predicted molar refractivity (Wildman–Crippen MR) is 62.3 cm³/mol. The Hall–Kier alpha value is -2.11. The third kappa shape index (κ3) is 2.27. The highest BCUT2D eigenvalue weighted by Crippen LogP contribution is 2.27. The van der Waals surface area contributed by atoms with Gasteiger partial charge in [-0.2, -0.15) is 0 Å². The number of carboxylic acids is 1. The highest BCUT2D eigenvalue weighted by molar-refractivity contribution is 5.87. The van der Waals surface area contributed by atoms with Crippen LogP contribution in [0.4, 0.5) is 0 Å². The maximum atomic E-state index is 11.1. The first-order chi connectivity index (χ1) is 8.49. The fourth-order valence-corrected chi connectivity index (χ4v) is 2.13. The van der Waals surface area contributed by atoms with Crippen LogP contribution in [0.1, 0.15) is 35.6 Å². The van der Waals surface area contributed by atoms with Crippen LogP contribution >= 0.6 is 0 Å². The number of aryl methyl sites for hydroxylation is 1. The van der Waals surface area contributed by atoms with Crippen LogP contribution in [-0.4, -0.2) is 32.7 Å². The van der Waals surface area contributed by atoms with Gasteiger partial charge in [0.1, 0.15) is 6.10 Å². The summed E-state index contributed by atoms with van der Waals surface area (Å²) in [6, 6.07) is -0.137. The third-order valence-electron chi connectivity index (χ3n) is 2.88. The standard InChI is InChI=1S/C12H14N2O4/c1-7-11(12(16)17)14(6-13-7)9-3-4-10(5-9)18-8(2)15/h3-4,6,9-10H,5H2,1-2H3,(H,16,17). The lowest BCUT2D eigenvalue weighted by molar-refractivity contribution is -0.144. The number of hydrogen-bond acceptors (Lipinski definition) is 4. The number of ether oxygens (including phenoxy) is 1. The van der Waals surface area contributed by atoms with E-state index in [0.717, 1.165) is 0 Å². The van der Waals surface area contributed by atoms with Gasteiger partial charge in [-0.25, -0.2) is 9.78 Å². The fourth-order valence-electron chi connectivity index (χ4n) is 2.13. The van der Waals surface area contributed by atoms with Gasteiger partial charge >= 0.3 is 11.9 Å². The zero-order chi connectivity index (χ0) is 13.3. The zero-order valence-electron chi connectivity index (χ0n) is 10.2. The van der Waals surface area contributed by atoms with Gasteiger partial charge in [0.2, 0.25) is 0 Å². The molecule has 18 heavy (non-hydrogen) atoms. The van der Waals surface area contributed by atoms with Crippen LogP contribution in [0.25, 0.3) is 0 Å². The van der Waals surface area contributed by atoms with Gasteiger partial charge in [0, 0.05) is 13.3 Å². The molecule has 1 heterocycles. The predicted octanol–water partition coefficient (Wildman–Crippen LogP) is 1.32. The number of aromatic carboxylic acids is 1. The molecular formula is C12H14N2O4. The maximum absolute atomic E-state index is 11.1. The largest absolute Gasteiger partial charge is 0.477 e. The van der Waals surface area contributed by atoms with Crippen LogP contribution in [-0.2, 0) is 9.53 Å². The summed E-state index contributed by atoms with van der Waals surface area (Å²) >= 11 is 0. The Labute approximate surface area is 104 Å². The number of aromatic nitrogens is 2. The minimum atomic E-state index is -1.01. The number of allylic oxidation sites excluding steroid dienone is 1. The van der Waals surface area contributed by atoms with Gasteiger partial charge in [0.05, 0.1) is 18.1 Å². The van der Waals surface area contributed by atoms with E-state index in [-0.39, 0.29) is 23.8 Å². The van der Waals surface area contributed by atoms with Gasteiger partial charge in [0.15, 0.2) is 5.69 Å². The molecule has 0 bridgehead atoms. The van der Waals surface area contributed by atoms with Gasteiger partial charge in [-0.05, 0) is 13.0 Å². The van der Waals surface area contributed by atoms with Gasteiger partial charge in [-0.3, -0.25) is 4.79 Å². The van der Waals surface area contributed by atoms with E-state index in [1.165, 1.54) is 13.3 Å². The summed E-state index contributed by atoms with van der Waals surface area (Å²) < 4.78 is 6.66. The van der Waals surface area contributed by atoms with Gasteiger partial charge in [-0.15, -0.1) is 0 Å². The van der Waals surface area contributed by atoms with Crippen molar-refractivity contribution < 1.29 is 19.4 Å². The zero-order valence-corrected chi connectivity index (χ0v) is 10.2. The van der Waals surface area contributed by atoms with Crippen LogP contribution in [0.3, 0.4) is 0 Å². The Kier molecular flexibility index (Phi) is 3.18. The van der Waals surface area contributed by atoms with E-state index in [1.807, 2.05) is 6.08 Å². The Morgan fingerprint density at radius 2 is 2.22 bits per heavy atom. The number of hydrogen-bond donors (Lipinski definition) is 1. The van der Waals surface area contributed by atoms with Crippen LogP contribution in [0.5, 0.6) is 0 Å². The third-order valence-corrected chi connectivity index (χ3v) is 2.88. The highest BCUT2D eigenvalue weighted by atomic mass is 16.5. The molecule has 0 saturated carbocycles. The Balaban J connectivity index is 2.18. The average Bonchev–Trinajstić information content (AvgIpc) is 2.83. The van der Waals surface area contributed by atoms with Crippen molar-refractivity contribution in [3.63, 3.8) is 0 Å². The summed E-state index contributed by atoms with van der Waals surface area (Å²) in [5, 5.41) is 9.14. The van der Waals surface area contributed by atoms with E-state index < -0.39 is 5.97 Å². The summed E-state index contributed by atoms with van der Waals surface area (Å²) in [6.45, 7) is 3.01. The molecule has 1 aromatic rings. The van der Waals surface area contributed by atoms with Crippen molar-refractivity contribution in [2.45, 2.75) is 32.4 Å². The van der Waals surface area contributed by atoms with E-state index in [1.54, 1.807) is 17.6 Å². The molecule has 6 heteroatoms. The van der Waals surface area contributed by atoms with Crippen LogP contribution < -0.4 is 0 Å². The number of carboxylic acid groups (broad SMARTS) is 1. The second-order valence-corrected chi connectivity index (χ2v) is 4.23. The normalized spacial score (nSPS) is 22.1. The quantitative estimate of drug-likeness (QED) is 0.646. The lowest BCUT2D eigenvalue weighted by Gasteiger charge is -2.15. The first-order valence-corrected chi connectivity index (χ1v) is 5.61. The molecule has 1 aliphatic rings. The average molecular weight is 250 g/mol. The Morgan fingerprint density at radius 1 is 1.50 bits per heavy atom. The molecule has 6 nitrogen and oxygen atoms in total. The molecule has 2 unspecified atom stereocenters. The van der Waals surface area contributed by atoms with Crippen molar-refractivity contribution in [1.82, 2.24) is 9.55 Å². The molecule has 0 aliphatic heterocycles.